The molecule has 3 rings (SSSR count). The van der Waals surface area contributed by atoms with Crippen LogP contribution in [0.2, 0.25) is 10.0 Å². The highest BCUT2D eigenvalue weighted by Crippen LogP contribution is 2.30. The zero-order chi connectivity index (χ0) is 21.9. The zero-order valence-electron chi connectivity index (χ0n) is 14.7. The number of hydrogen-bond donors (Lipinski definition) is 2. The lowest BCUT2D eigenvalue weighted by molar-refractivity contribution is -0.274. The largest absolute Gasteiger partial charge is 0.573 e. The van der Waals surface area contributed by atoms with Crippen LogP contribution in [0.5, 0.6) is 5.75 Å². The molecule has 0 saturated heterocycles. The van der Waals surface area contributed by atoms with Crippen LogP contribution in [-0.2, 0) is 0 Å². The number of halogens is 5. The number of amides is 2. The van der Waals surface area contributed by atoms with Crippen LogP contribution in [0.3, 0.4) is 0 Å². The van der Waals surface area contributed by atoms with Crippen LogP contribution < -0.4 is 15.4 Å². The fourth-order valence-corrected chi connectivity index (χ4v) is 2.77. The molecule has 2 amide bonds. The maximum atomic E-state index is 12.3. The average Bonchev–Trinajstić information content (AvgIpc) is 3.16. The standard InChI is InChI=1S/C18H11Cl2F3N4O3/c19-12-2-1-3-13(20)15(12)25-16(28)14-8-9-27(26-14)17(29)24-10-4-6-11(7-5-10)30-18(21,22)23/h1-9H,(H,24,29)(H,25,28). The Bertz CT molecular complexity index is 1060. The second kappa shape index (κ2) is 8.64. The molecule has 0 spiro atoms. The van der Waals surface area contributed by atoms with E-state index in [1.54, 1.807) is 18.2 Å². The Balaban J connectivity index is 1.65. The molecule has 12 heteroatoms. The van der Waals surface area contributed by atoms with Gasteiger partial charge in [-0.15, -0.1) is 13.2 Å². The minimum atomic E-state index is -4.81. The van der Waals surface area contributed by atoms with Crippen molar-refractivity contribution >= 4 is 46.5 Å². The highest BCUT2D eigenvalue weighted by molar-refractivity contribution is 6.40. The van der Waals surface area contributed by atoms with Gasteiger partial charge in [-0.05, 0) is 42.5 Å². The van der Waals surface area contributed by atoms with Gasteiger partial charge in [0.1, 0.15) is 5.75 Å². The Labute approximate surface area is 177 Å². The summed E-state index contributed by atoms with van der Waals surface area (Å²) in [6, 6.07) is 9.76. The first-order valence-corrected chi connectivity index (χ1v) is 8.86. The van der Waals surface area contributed by atoms with Gasteiger partial charge >= 0.3 is 12.4 Å². The Hall–Kier alpha value is -3.24. The van der Waals surface area contributed by atoms with Crippen molar-refractivity contribution in [3.05, 3.63) is 70.5 Å². The van der Waals surface area contributed by atoms with E-state index in [1.165, 1.54) is 24.4 Å². The van der Waals surface area contributed by atoms with Gasteiger partial charge in [0, 0.05) is 11.9 Å². The molecule has 0 bridgehead atoms. The van der Waals surface area contributed by atoms with Gasteiger partial charge in [0.05, 0.1) is 15.7 Å². The van der Waals surface area contributed by atoms with Crippen molar-refractivity contribution in [1.29, 1.82) is 0 Å². The summed E-state index contributed by atoms with van der Waals surface area (Å²) in [6.45, 7) is 0. The lowest BCUT2D eigenvalue weighted by atomic mass is 10.3. The van der Waals surface area contributed by atoms with E-state index < -0.39 is 24.1 Å². The van der Waals surface area contributed by atoms with Crippen LogP contribution in [0.1, 0.15) is 10.5 Å². The summed E-state index contributed by atoms with van der Waals surface area (Å²) >= 11 is 12.0. The quantitative estimate of drug-likeness (QED) is 0.546. The monoisotopic (exact) mass is 458 g/mol. The van der Waals surface area contributed by atoms with E-state index in [-0.39, 0.29) is 27.1 Å². The van der Waals surface area contributed by atoms with Crippen molar-refractivity contribution in [2.75, 3.05) is 10.6 Å². The summed E-state index contributed by atoms with van der Waals surface area (Å²) in [4.78, 5) is 24.6. The maximum Gasteiger partial charge on any atom is 0.573 e. The summed E-state index contributed by atoms with van der Waals surface area (Å²) in [5.74, 6) is -1.08. The molecule has 0 radical (unpaired) electrons. The molecule has 0 atom stereocenters. The summed E-state index contributed by atoms with van der Waals surface area (Å²) in [5.41, 5.74) is 0.305. The van der Waals surface area contributed by atoms with Crippen molar-refractivity contribution in [1.82, 2.24) is 9.78 Å². The fourth-order valence-electron chi connectivity index (χ4n) is 2.27. The molecular formula is C18H11Cl2F3N4O3. The number of anilines is 2. The molecule has 0 aliphatic rings. The second-order valence-corrected chi connectivity index (χ2v) is 6.51. The van der Waals surface area contributed by atoms with Gasteiger partial charge in [-0.3, -0.25) is 4.79 Å². The number of para-hydroxylation sites is 1. The van der Waals surface area contributed by atoms with Crippen LogP contribution in [0, 0.1) is 0 Å². The molecule has 3 aromatic rings. The van der Waals surface area contributed by atoms with Gasteiger partial charge in [0.2, 0.25) is 0 Å². The van der Waals surface area contributed by atoms with E-state index in [0.717, 1.165) is 16.8 Å². The van der Waals surface area contributed by atoms with Crippen molar-refractivity contribution < 1.29 is 27.5 Å². The SMILES string of the molecule is O=C(Nc1c(Cl)cccc1Cl)c1ccn(C(=O)Nc2ccc(OC(F)(F)F)cc2)n1. The third kappa shape index (κ3) is 5.43. The molecule has 7 nitrogen and oxygen atoms in total. The number of nitrogens with one attached hydrogen (secondary N) is 2. The van der Waals surface area contributed by atoms with Gasteiger partial charge < -0.3 is 15.4 Å². The summed E-state index contributed by atoms with van der Waals surface area (Å²) in [5, 5.41) is 9.24. The molecule has 156 valence electrons. The Morgan fingerprint density at radius 3 is 2.20 bits per heavy atom. The molecule has 1 heterocycles. The first kappa shape index (κ1) is 21.5. The number of aromatic nitrogens is 2. The minimum absolute atomic E-state index is 0.0879. The van der Waals surface area contributed by atoms with Crippen LogP contribution in [-0.4, -0.2) is 28.1 Å². The van der Waals surface area contributed by atoms with Crippen LogP contribution in [0.15, 0.2) is 54.7 Å². The topological polar surface area (TPSA) is 85.2 Å². The normalized spacial score (nSPS) is 11.1. The molecular weight excluding hydrogens is 448 g/mol. The molecule has 30 heavy (non-hydrogen) atoms. The Morgan fingerprint density at radius 2 is 1.60 bits per heavy atom. The number of benzene rings is 2. The van der Waals surface area contributed by atoms with Crippen molar-refractivity contribution in [2.24, 2.45) is 0 Å². The average molecular weight is 459 g/mol. The zero-order valence-corrected chi connectivity index (χ0v) is 16.2. The maximum absolute atomic E-state index is 12.3. The lowest BCUT2D eigenvalue weighted by Gasteiger charge is -2.10. The fraction of sp³-hybridized carbons (Fsp3) is 0.0556. The van der Waals surface area contributed by atoms with E-state index >= 15 is 0 Å². The number of carbonyl (C=O) groups excluding carboxylic acids is 2. The lowest BCUT2D eigenvalue weighted by Crippen LogP contribution is -2.21. The molecule has 0 saturated carbocycles. The van der Waals surface area contributed by atoms with Crippen LogP contribution >= 0.6 is 23.2 Å². The first-order valence-electron chi connectivity index (χ1n) is 8.10. The Kier molecular flexibility index (Phi) is 6.18. The number of hydrogen-bond acceptors (Lipinski definition) is 4. The molecule has 2 aromatic carbocycles. The predicted octanol–water partition coefficient (Wildman–Crippen LogP) is 5.42. The molecule has 2 N–H and O–H groups in total. The summed E-state index contributed by atoms with van der Waals surface area (Å²) < 4.78 is 41.1. The number of rotatable bonds is 4. The Morgan fingerprint density at radius 1 is 0.967 bits per heavy atom. The van der Waals surface area contributed by atoms with E-state index in [0.29, 0.717) is 0 Å². The van der Waals surface area contributed by atoms with Gasteiger partial charge in [-0.2, -0.15) is 9.78 Å². The highest BCUT2D eigenvalue weighted by Gasteiger charge is 2.31. The molecule has 0 aliphatic heterocycles. The highest BCUT2D eigenvalue weighted by atomic mass is 35.5. The minimum Gasteiger partial charge on any atom is -0.406 e. The molecule has 1 aromatic heterocycles. The van der Waals surface area contributed by atoms with E-state index in [9.17, 15) is 22.8 Å². The van der Waals surface area contributed by atoms with Crippen LogP contribution in [0.4, 0.5) is 29.3 Å². The van der Waals surface area contributed by atoms with Gasteiger partial charge in [-0.25, -0.2) is 4.79 Å². The van der Waals surface area contributed by atoms with Crippen molar-refractivity contribution in [2.45, 2.75) is 6.36 Å². The van der Waals surface area contributed by atoms with E-state index in [1.807, 2.05) is 0 Å². The smallest absolute Gasteiger partial charge is 0.406 e. The first-order chi connectivity index (χ1) is 14.1. The second-order valence-electron chi connectivity index (χ2n) is 5.70. The summed E-state index contributed by atoms with van der Waals surface area (Å²) in [6.07, 6.45) is -3.58. The number of alkyl halides is 3. The number of nitrogens with zero attached hydrogens (tertiary/aromatic N) is 2. The van der Waals surface area contributed by atoms with Crippen molar-refractivity contribution in [3.8, 4) is 5.75 Å². The number of ether oxygens (including phenoxy) is 1. The van der Waals surface area contributed by atoms with E-state index in [4.69, 9.17) is 23.2 Å². The summed E-state index contributed by atoms with van der Waals surface area (Å²) in [7, 11) is 0. The predicted molar refractivity (Wildman–Crippen MR) is 104 cm³/mol. The van der Waals surface area contributed by atoms with Crippen molar-refractivity contribution in [3.63, 3.8) is 0 Å². The molecule has 0 aliphatic carbocycles. The van der Waals surface area contributed by atoms with Crippen LogP contribution in [0.25, 0.3) is 0 Å². The number of carbonyl (C=O) groups is 2. The van der Waals surface area contributed by atoms with E-state index in [2.05, 4.69) is 20.5 Å². The third-order valence-corrected chi connectivity index (χ3v) is 4.20. The van der Waals surface area contributed by atoms with Gasteiger partial charge in [0.15, 0.2) is 5.69 Å². The van der Waals surface area contributed by atoms with Gasteiger partial charge in [0.25, 0.3) is 5.91 Å². The molecule has 0 fully saturated rings. The molecule has 0 unspecified atom stereocenters. The third-order valence-electron chi connectivity index (χ3n) is 3.57. The van der Waals surface area contributed by atoms with Gasteiger partial charge in [-0.1, -0.05) is 29.3 Å².